The first-order valence-corrected chi connectivity index (χ1v) is 8.01. The fourth-order valence-electron chi connectivity index (χ4n) is 2.90. The van der Waals surface area contributed by atoms with E-state index in [1.807, 2.05) is 0 Å². The number of aliphatic carboxylic acids is 2. The van der Waals surface area contributed by atoms with Gasteiger partial charge in [0.15, 0.2) is 0 Å². The smallest absolute Gasteiger partial charge is 0.407 e. The van der Waals surface area contributed by atoms with Crippen LogP contribution >= 0.6 is 0 Å². The normalized spacial score (nSPS) is 22.9. The molecular formula is C16H27NO6. The second-order valence-electron chi connectivity index (χ2n) is 7.23. The average Bonchev–Trinajstić information content (AvgIpc) is 2.37. The van der Waals surface area contributed by atoms with Gasteiger partial charge >= 0.3 is 18.0 Å². The zero-order valence-corrected chi connectivity index (χ0v) is 14.0. The summed E-state index contributed by atoms with van der Waals surface area (Å²) < 4.78 is 5.21. The van der Waals surface area contributed by atoms with E-state index in [0.717, 1.165) is 25.7 Å². The van der Waals surface area contributed by atoms with Gasteiger partial charge in [0.2, 0.25) is 0 Å². The Morgan fingerprint density at radius 1 is 1.13 bits per heavy atom. The van der Waals surface area contributed by atoms with Crippen molar-refractivity contribution in [1.29, 1.82) is 0 Å². The number of carboxylic acids is 2. The Labute approximate surface area is 136 Å². The number of hydrogen-bond acceptors (Lipinski definition) is 4. The van der Waals surface area contributed by atoms with E-state index in [9.17, 15) is 14.4 Å². The average molecular weight is 329 g/mol. The van der Waals surface area contributed by atoms with Gasteiger partial charge in [-0.15, -0.1) is 0 Å². The summed E-state index contributed by atoms with van der Waals surface area (Å²) >= 11 is 0. The first-order chi connectivity index (χ1) is 10.6. The fourth-order valence-corrected chi connectivity index (χ4v) is 2.90. The lowest BCUT2D eigenvalue weighted by molar-refractivity contribution is -0.149. The predicted molar refractivity (Wildman–Crippen MR) is 83.1 cm³/mol. The van der Waals surface area contributed by atoms with Gasteiger partial charge in [-0.1, -0.05) is 0 Å². The van der Waals surface area contributed by atoms with Crippen LogP contribution in [-0.4, -0.2) is 39.9 Å². The lowest BCUT2D eigenvalue weighted by Gasteiger charge is -2.31. The number of amides is 1. The van der Waals surface area contributed by atoms with Gasteiger partial charge in [0, 0.05) is 6.04 Å². The highest BCUT2D eigenvalue weighted by molar-refractivity contribution is 5.77. The number of carbonyl (C=O) groups excluding carboxylic acids is 1. The molecule has 0 aromatic carbocycles. The topological polar surface area (TPSA) is 113 Å². The van der Waals surface area contributed by atoms with Crippen molar-refractivity contribution >= 4 is 18.0 Å². The van der Waals surface area contributed by atoms with Crippen molar-refractivity contribution in [2.45, 2.75) is 70.9 Å². The molecule has 23 heavy (non-hydrogen) atoms. The molecule has 0 aromatic heterocycles. The van der Waals surface area contributed by atoms with Crippen LogP contribution in [0.4, 0.5) is 4.79 Å². The molecule has 1 aliphatic carbocycles. The summed E-state index contributed by atoms with van der Waals surface area (Å²) in [5.74, 6) is -2.79. The molecular weight excluding hydrogens is 302 g/mol. The Morgan fingerprint density at radius 3 is 2.13 bits per heavy atom. The van der Waals surface area contributed by atoms with Crippen LogP contribution in [0.5, 0.6) is 0 Å². The first kappa shape index (κ1) is 19.3. The van der Waals surface area contributed by atoms with Gasteiger partial charge < -0.3 is 20.3 Å². The van der Waals surface area contributed by atoms with Crippen LogP contribution in [0.3, 0.4) is 0 Å². The molecule has 1 unspecified atom stereocenters. The summed E-state index contributed by atoms with van der Waals surface area (Å²) in [6.45, 7) is 5.41. The van der Waals surface area contributed by atoms with Crippen molar-refractivity contribution in [3.8, 4) is 0 Å². The largest absolute Gasteiger partial charge is 0.481 e. The molecule has 0 aliphatic heterocycles. The molecule has 1 rings (SSSR count). The Morgan fingerprint density at radius 2 is 1.70 bits per heavy atom. The van der Waals surface area contributed by atoms with Crippen LogP contribution < -0.4 is 5.32 Å². The summed E-state index contributed by atoms with van der Waals surface area (Å²) in [5, 5.41) is 20.7. The SMILES string of the molecule is CC(C)(C)OC(=O)NC1CCC(CC(CC(=O)O)C(=O)O)CC1. The summed E-state index contributed by atoms with van der Waals surface area (Å²) in [4.78, 5) is 33.6. The molecule has 1 amide bonds. The van der Waals surface area contributed by atoms with Crippen molar-refractivity contribution in [2.75, 3.05) is 0 Å². The van der Waals surface area contributed by atoms with E-state index in [0.29, 0.717) is 6.42 Å². The minimum absolute atomic E-state index is 0.0313. The molecule has 0 bridgehead atoms. The summed E-state index contributed by atoms with van der Waals surface area (Å²) in [5.41, 5.74) is -0.535. The molecule has 7 heteroatoms. The van der Waals surface area contributed by atoms with Gasteiger partial charge in [-0.2, -0.15) is 0 Å². The van der Waals surface area contributed by atoms with E-state index in [1.54, 1.807) is 20.8 Å². The molecule has 1 fully saturated rings. The van der Waals surface area contributed by atoms with Gasteiger partial charge in [-0.25, -0.2) is 4.79 Å². The minimum atomic E-state index is -1.09. The summed E-state index contributed by atoms with van der Waals surface area (Å²) in [6.07, 6.45) is 2.67. The highest BCUT2D eigenvalue weighted by Crippen LogP contribution is 2.30. The van der Waals surface area contributed by atoms with Crippen molar-refractivity contribution < 1.29 is 29.3 Å². The zero-order chi connectivity index (χ0) is 17.6. The van der Waals surface area contributed by atoms with Gasteiger partial charge in [-0.3, -0.25) is 9.59 Å². The standard InChI is InChI=1S/C16H27NO6/c1-16(2,3)23-15(22)17-12-6-4-10(5-7-12)8-11(14(20)21)9-13(18)19/h10-12H,4-9H2,1-3H3,(H,17,22)(H,18,19)(H,20,21). The third-order valence-corrected chi connectivity index (χ3v) is 3.96. The van der Waals surface area contributed by atoms with Crippen LogP contribution in [0.15, 0.2) is 0 Å². The number of hydrogen-bond donors (Lipinski definition) is 3. The van der Waals surface area contributed by atoms with Crippen molar-refractivity contribution in [2.24, 2.45) is 11.8 Å². The summed E-state index contributed by atoms with van der Waals surface area (Å²) in [7, 11) is 0. The fraction of sp³-hybridized carbons (Fsp3) is 0.812. The number of nitrogens with one attached hydrogen (secondary N) is 1. The van der Waals surface area contributed by atoms with Crippen molar-refractivity contribution in [1.82, 2.24) is 5.32 Å². The Hall–Kier alpha value is -1.79. The maximum atomic E-state index is 11.7. The van der Waals surface area contributed by atoms with Crippen molar-refractivity contribution in [3.05, 3.63) is 0 Å². The Kier molecular flexibility index (Phi) is 6.84. The highest BCUT2D eigenvalue weighted by atomic mass is 16.6. The molecule has 1 aliphatic rings. The molecule has 0 spiro atoms. The van der Waals surface area contributed by atoms with Gasteiger partial charge in [-0.05, 0) is 58.8 Å². The van der Waals surface area contributed by atoms with Crippen LogP contribution in [0.25, 0.3) is 0 Å². The van der Waals surface area contributed by atoms with Crippen LogP contribution in [-0.2, 0) is 14.3 Å². The van der Waals surface area contributed by atoms with Crippen molar-refractivity contribution in [3.63, 3.8) is 0 Å². The van der Waals surface area contributed by atoms with E-state index in [-0.39, 0.29) is 18.4 Å². The predicted octanol–water partition coefficient (Wildman–Crippen LogP) is 2.64. The molecule has 0 aromatic rings. The molecule has 0 heterocycles. The number of carboxylic acid groups (broad SMARTS) is 2. The monoisotopic (exact) mass is 329 g/mol. The van der Waals surface area contributed by atoms with E-state index < -0.39 is 29.6 Å². The third kappa shape index (κ3) is 7.85. The third-order valence-electron chi connectivity index (χ3n) is 3.96. The number of carbonyl (C=O) groups is 3. The van der Waals surface area contributed by atoms with Crippen LogP contribution in [0, 0.1) is 11.8 Å². The first-order valence-electron chi connectivity index (χ1n) is 8.01. The Bertz CT molecular complexity index is 434. The van der Waals surface area contributed by atoms with Crippen LogP contribution in [0.1, 0.15) is 59.3 Å². The maximum Gasteiger partial charge on any atom is 0.407 e. The summed E-state index contributed by atoms with van der Waals surface area (Å²) in [6, 6.07) is 0.0313. The Balaban J connectivity index is 2.38. The van der Waals surface area contributed by atoms with E-state index in [2.05, 4.69) is 5.32 Å². The lowest BCUT2D eigenvalue weighted by Crippen LogP contribution is -2.41. The van der Waals surface area contributed by atoms with E-state index >= 15 is 0 Å². The highest BCUT2D eigenvalue weighted by Gasteiger charge is 2.29. The van der Waals surface area contributed by atoms with Crippen LogP contribution in [0.2, 0.25) is 0 Å². The molecule has 1 atom stereocenters. The van der Waals surface area contributed by atoms with Gasteiger partial charge in [0.25, 0.3) is 0 Å². The second-order valence-corrected chi connectivity index (χ2v) is 7.23. The number of ether oxygens (including phenoxy) is 1. The lowest BCUT2D eigenvalue weighted by atomic mass is 9.80. The number of rotatable bonds is 6. The molecule has 0 radical (unpaired) electrons. The van der Waals surface area contributed by atoms with Gasteiger partial charge in [0.1, 0.15) is 5.60 Å². The molecule has 7 nitrogen and oxygen atoms in total. The maximum absolute atomic E-state index is 11.7. The quantitative estimate of drug-likeness (QED) is 0.690. The molecule has 0 saturated heterocycles. The van der Waals surface area contributed by atoms with Gasteiger partial charge in [0.05, 0.1) is 12.3 Å². The molecule has 132 valence electrons. The molecule has 1 saturated carbocycles. The van der Waals surface area contributed by atoms with E-state index in [1.165, 1.54) is 0 Å². The van der Waals surface area contributed by atoms with E-state index in [4.69, 9.17) is 14.9 Å². The number of alkyl carbamates (subject to hydrolysis) is 1. The zero-order valence-electron chi connectivity index (χ0n) is 14.0. The molecule has 3 N–H and O–H groups in total. The minimum Gasteiger partial charge on any atom is -0.481 e. The second kappa shape index (κ2) is 8.17.